The van der Waals surface area contributed by atoms with E-state index in [9.17, 15) is 10.2 Å². The van der Waals surface area contributed by atoms with E-state index in [1.165, 1.54) is 16.7 Å². The van der Waals surface area contributed by atoms with Gasteiger partial charge >= 0.3 is 0 Å². The topological polar surface area (TPSA) is 93.6 Å². The van der Waals surface area contributed by atoms with Crippen molar-refractivity contribution in [2.24, 2.45) is 0 Å². The lowest BCUT2D eigenvalue weighted by atomic mass is 9.94. The number of amides is 2. The molecule has 8 heteroatoms. The summed E-state index contributed by atoms with van der Waals surface area (Å²) in [5.74, 6) is 0.762. The Balaban J connectivity index is 0.000000353. The van der Waals surface area contributed by atoms with Gasteiger partial charge in [0.1, 0.15) is 17.2 Å². The molecule has 0 fully saturated rings. The molecule has 2 N–H and O–H groups in total. The predicted molar refractivity (Wildman–Crippen MR) is 322 cm³/mol. The van der Waals surface area contributed by atoms with Crippen molar-refractivity contribution < 1.29 is 24.5 Å². The Morgan fingerprint density at radius 2 is 0.810 bits per heavy atom. The van der Waals surface area contributed by atoms with Crippen LogP contribution >= 0.6 is 0 Å². The van der Waals surface area contributed by atoms with E-state index in [1.54, 1.807) is 36.3 Å². The lowest BCUT2D eigenvalue weighted by molar-refractivity contribution is -0.124. The van der Waals surface area contributed by atoms with E-state index in [0.29, 0.717) is 22.5 Å². The van der Waals surface area contributed by atoms with E-state index in [0.717, 1.165) is 83.3 Å². The number of hydrogen-bond acceptors (Lipinski definition) is 6. The Morgan fingerprint density at radius 1 is 0.405 bits per heavy atom. The van der Waals surface area contributed by atoms with Crippen molar-refractivity contribution in [3.8, 4) is 17.2 Å². The van der Waals surface area contributed by atoms with E-state index in [1.807, 2.05) is 146 Å². The van der Waals surface area contributed by atoms with Crippen LogP contribution in [0.2, 0.25) is 0 Å². The number of nitrogens with zero attached hydrogens (tertiary/aromatic N) is 3. The number of ether oxygens (including phenoxy) is 1. The summed E-state index contributed by atoms with van der Waals surface area (Å²) in [4.78, 5) is 36.8. The maximum Gasteiger partial charge on any atom is 0.261 e. The smallest absolute Gasteiger partial charge is 0.261 e. The summed E-state index contributed by atoms with van der Waals surface area (Å²) in [5.41, 5.74) is 15.1. The third-order valence-corrected chi connectivity index (χ3v) is 14.5. The van der Waals surface area contributed by atoms with Gasteiger partial charge in [0.15, 0.2) is 0 Å². The second-order valence-corrected chi connectivity index (χ2v) is 20.4. The molecular formula is C71H63N3O5. The third kappa shape index (κ3) is 11.1. The summed E-state index contributed by atoms with van der Waals surface area (Å²) in [6, 6.07) is 71.2. The van der Waals surface area contributed by atoms with Crippen LogP contribution in [0, 0.1) is 41.5 Å². The average Bonchev–Trinajstić information content (AvgIpc) is 3.41. The second-order valence-electron chi connectivity index (χ2n) is 20.4. The van der Waals surface area contributed by atoms with E-state index >= 15 is 9.59 Å². The van der Waals surface area contributed by atoms with Crippen molar-refractivity contribution in [1.29, 1.82) is 0 Å². The first-order chi connectivity index (χ1) is 38.3. The Labute approximate surface area is 463 Å². The van der Waals surface area contributed by atoms with Gasteiger partial charge in [-0.2, -0.15) is 0 Å². The number of benzene rings is 10. The molecule has 0 aromatic heterocycles. The molecule has 10 aromatic rings. The van der Waals surface area contributed by atoms with Gasteiger partial charge in [-0.25, -0.2) is 0 Å². The number of anilines is 3. The van der Waals surface area contributed by atoms with Crippen LogP contribution in [0.1, 0.15) is 55.6 Å². The first-order valence-electron chi connectivity index (χ1n) is 26.5. The number of phenolic OH excluding ortho intramolecular Hbond substituents is 2. The number of methoxy groups -OCH3 is 1. The number of rotatable bonds is 10. The van der Waals surface area contributed by atoms with E-state index in [2.05, 4.69) is 99.3 Å². The van der Waals surface area contributed by atoms with E-state index < -0.39 is 0 Å². The number of aromatic hydroxyl groups is 2. The van der Waals surface area contributed by atoms with Gasteiger partial charge in [-0.15, -0.1) is 0 Å². The van der Waals surface area contributed by atoms with Crippen LogP contribution in [0.4, 0.5) is 17.1 Å². The number of hydrogen-bond donors (Lipinski definition) is 2. The minimum absolute atomic E-state index is 0.146. The molecule has 8 nitrogen and oxygen atoms in total. The highest BCUT2D eigenvalue weighted by atomic mass is 16.5. The summed E-state index contributed by atoms with van der Waals surface area (Å²) in [6.45, 7) is 13.0. The minimum atomic E-state index is -0.223. The van der Waals surface area contributed by atoms with Gasteiger partial charge < -0.3 is 29.6 Å². The largest absolute Gasteiger partial charge is 0.508 e. The Morgan fingerprint density at radius 3 is 1.25 bits per heavy atom. The van der Waals surface area contributed by atoms with Crippen LogP contribution < -0.4 is 9.64 Å². The fourth-order valence-electron chi connectivity index (χ4n) is 10.5. The fraction of sp³-hybridized carbons (Fsp3) is 0.127. The van der Waals surface area contributed by atoms with Gasteiger partial charge in [-0.3, -0.25) is 9.59 Å². The Kier molecular flexibility index (Phi) is 15.3. The fourth-order valence-corrected chi connectivity index (χ4v) is 10.5. The molecule has 0 spiro atoms. The van der Waals surface area contributed by atoms with Crippen molar-refractivity contribution >= 4 is 61.8 Å². The highest BCUT2D eigenvalue weighted by Gasteiger charge is 2.49. The van der Waals surface area contributed by atoms with E-state index in [4.69, 9.17) is 4.74 Å². The molecule has 0 atom stereocenters. The first-order valence-corrected chi connectivity index (χ1v) is 26.5. The molecule has 0 radical (unpaired) electrons. The highest BCUT2D eigenvalue weighted by Crippen LogP contribution is 2.51. The number of fused-ring (bicyclic) bond motifs is 3. The zero-order valence-electron chi connectivity index (χ0n) is 45.7. The summed E-state index contributed by atoms with van der Waals surface area (Å²) in [5, 5.41) is 24.3. The van der Waals surface area contributed by atoms with Crippen LogP contribution in [-0.4, -0.2) is 38.9 Å². The van der Waals surface area contributed by atoms with Crippen LogP contribution in [0.25, 0.3) is 32.9 Å². The number of carbonyl (C=O) groups is 2. The van der Waals surface area contributed by atoms with Crippen molar-refractivity contribution in [2.45, 2.75) is 54.6 Å². The second kappa shape index (κ2) is 22.9. The van der Waals surface area contributed by atoms with E-state index in [-0.39, 0.29) is 36.4 Å². The first kappa shape index (κ1) is 52.8. The van der Waals surface area contributed by atoms with Crippen molar-refractivity contribution in [2.75, 3.05) is 12.0 Å². The maximum absolute atomic E-state index is 15.6. The molecule has 12 rings (SSSR count). The Hall–Kier alpha value is -9.66. The SMILES string of the molecule is COc1ccc(C)cc1.Cc1ccc(C)cc1.Cc1cccc(CN2C(=O)C3=C(c4ccc(N(c5ccc(O)cc5)c5ccc(O)cc5)c5ccccc45)N(Cc4cccc(C)c4)C(=O)C3=C2c2ccc(C)c3ccccc23)c1. The van der Waals surface area contributed by atoms with Crippen molar-refractivity contribution in [3.63, 3.8) is 0 Å². The maximum atomic E-state index is 15.6. The average molecular weight is 1040 g/mol. The molecule has 79 heavy (non-hydrogen) atoms. The van der Waals surface area contributed by atoms with Gasteiger partial charge in [0.25, 0.3) is 11.8 Å². The van der Waals surface area contributed by atoms with Gasteiger partial charge in [-0.1, -0.05) is 179 Å². The predicted octanol–water partition coefficient (Wildman–Crippen LogP) is 16.3. The molecule has 392 valence electrons. The Bertz CT molecular complexity index is 3890. The monoisotopic (exact) mass is 1040 g/mol. The quantitative estimate of drug-likeness (QED) is 0.142. The normalized spacial score (nSPS) is 12.8. The minimum Gasteiger partial charge on any atom is -0.508 e. The van der Waals surface area contributed by atoms with Crippen LogP contribution in [-0.2, 0) is 22.7 Å². The number of phenols is 2. The molecule has 2 amide bonds. The highest BCUT2D eigenvalue weighted by molar-refractivity contribution is 6.32. The third-order valence-electron chi connectivity index (χ3n) is 14.5. The van der Waals surface area contributed by atoms with Crippen LogP contribution in [0.3, 0.4) is 0 Å². The molecule has 0 unspecified atom stereocenters. The number of carbonyl (C=O) groups excluding carboxylic acids is 2. The summed E-state index contributed by atoms with van der Waals surface area (Å²) in [6.07, 6.45) is 0. The van der Waals surface area contributed by atoms with Crippen LogP contribution in [0.5, 0.6) is 17.2 Å². The zero-order valence-corrected chi connectivity index (χ0v) is 45.7. The van der Waals surface area contributed by atoms with Crippen LogP contribution in [0.15, 0.2) is 230 Å². The zero-order chi connectivity index (χ0) is 55.3. The molecule has 2 aliphatic rings. The molecule has 10 aromatic carbocycles. The van der Waals surface area contributed by atoms with Gasteiger partial charge in [0.05, 0.1) is 48.4 Å². The number of aryl methyl sites for hydroxylation is 6. The van der Waals surface area contributed by atoms with Crippen molar-refractivity contribution in [1.82, 2.24) is 9.80 Å². The molecule has 0 saturated carbocycles. The van der Waals surface area contributed by atoms with Gasteiger partial charge in [0.2, 0.25) is 0 Å². The molecular weight excluding hydrogens is 975 g/mol. The molecule has 0 bridgehead atoms. The standard InChI is InChI=1S/C55H43N3O4.C8H10O.C8H10/c1-34-10-8-12-37(30-34)32-56-52(47-27-18-36(3)43-14-4-5-15-44(43)47)50-51(55(56)62)53(57(54(50)61)33-38-13-9-11-35(2)31-38)48-28-29-49(46-17-7-6-16-45(46)48)58(39-19-23-41(59)24-20-39)40-21-25-42(60)26-22-40;1-7-3-5-8(9-2)6-4-7;1-7-3-5-8(2)6-4-7/h4-31,59-60H,32-33H2,1-3H3;3-6H,1-2H3;3-6H,1-2H3. The van der Waals surface area contributed by atoms with Gasteiger partial charge in [-0.05, 0) is 141 Å². The van der Waals surface area contributed by atoms with Gasteiger partial charge in [0, 0.05) is 27.9 Å². The summed E-state index contributed by atoms with van der Waals surface area (Å²) >= 11 is 0. The summed E-state index contributed by atoms with van der Waals surface area (Å²) < 4.78 is 4.97. The summed E-state index contributed by atoms with van der Waals surface area (Å²) in [7, 11) is 1.67. The lowest BCUT2D eigenvalue weighted by Crippen LogP contribution is -2.29. The van der Waals surface area contributed by atoms with Crippen molar-refractivity contribution in [3.05, 3.63) is 285 Å². The molecule has 0 aliphatic carbocycles. The molecule has 2 heterocycles. The molecule has 0 saturated heterocycles. The lowest BCUT2D eigenvalue weighted by Gasteiger charge is -2.29. The molecule has 2 aliphatic heterocycles.